The zero-order valence-corrected chi connectivity index (χ0v) is 11.5. The van der Waals surface area contributed by atoms with Gasteiger partial charge >= 0.3 is 0 Å². The van der Waals surface area contributed by atoms with Crippen LogP contribution in [0.4, 0.5) is 0 Å². The molecule has 0 bridgehead atoms. The molecule has 1 N–H and O–H groups in total. The third-order valence-corrected chi connectivity index (χ3v) is 3.59. The van der Waals surface area contributed by atoms with E-state index in [1.807, 2.05) is 0 Å². The smallest absolute Gasteiger partial charge is 0.261 e. The number of imide groups is 1. The second-order valence-electron chi connectivity index (χ2n) is 4.28. The van der Waals surface area contributed by atoms with E-state index in [2.05, 4.69) is 25.9 Å². The number of fused-ring (bicyclic) bond motifs is 1. The van der Waals surface area contributed by atoms with Crippen molar-refractivity contribution >= 4 is 27.7 Å². The van der Waals surface area contributed by atoms with Crippen LogP contribution in [0, 0.1) is 0 Å². The molecule has 0 spiro atoms. The van der Waals surface area contributed by atoms with Crippen molar-refractivity contribution in [3.8, 4) is 0 Å². The number of amides is 2. The second-order valence-corrected chi connectivity index (χ2v) is 5.19. The van der Waals surface area contributed by atoms with E-state index >= 15 is 0 Å². The number of carbonyl (C=O) groups excluding carboxylic acids is 2. The first kappa shape index (κ1) is 12.1. The molecule has 2 aromatic rings. The van der Waals surface area contributed by atoms with Crippen molar-refractivity contribution in [1.29, 1.82) is 0 Å². The topological polar surface area (TPSA) is 66.1 Å². The number of nitrogens with zero attached hydrogens (tertiary/aromatic N) is 2. The fourth-order valence-corrected chi connectivity index (χ4v) is 2.48. The molecule has 0 saturated heterocycles. The molecule has 2 amide bonds. The van der Waals surface area contributed by atoms with Gasteiger partial charge in [0.15, 0.2) is 0 Å². The first-order valence-electron chi connectivity index (χ1n) is 5.80. The molecule has 5 nitrogen and oxygen atoms in total. The van der Waals surface area contributed by atoms with Gasteiger partial charge in [0.1, 0.15) is 0 Å². The summed E-state index contributed by atoms with van der Waals surface area (Å²) >= 11 is 3.31. The van der Waals surface area contributed by atoms with Gasteiger partial charge in [0, 0.05) is 29.3 Å². The van der Waals surface area contributed by atoms with E-state index in [0.29, 0.717) is 24.1 Å². The molecule has 1 aromatic heterocycles. The number of hydrogen-bond donors (Lipinski definition) is 1. The number of H-pyrrole nitrogens is 1. The fraction of sp³-hybridized carbons (Fsp3) is 0.154. The molecule has 1 aliphatic rings. The van der Waals surface area contributed by atoms with Crippen LogP contribution in [0.3, 0.4) is 0 Å². The van der Waals surface area contributed by atoms with Gasteiger partial charge in [-0.3, -0.25) is 14.5 Å². The molecule has 19 heavy (non-hydrogen) atoms. The first-order chi connectivity index (χ1) is 9.16. The van der Waals surface area contributed by atoms with Crippen molar-refractivity contribution in [3.05, 3.63) is 52.0 Å². The van der Waals surface area contributed by atoms with E-state index in [1.165, 1.54) is 4.90 Å². The van der Waals surface area contributed by atoms with E-state index in [9.17, 15) is 9.59 Å². The van der Waals surface area contributed by atoms with Gasteiger partial charge in [-0.15, -0.1) is 0 Å². The Balaban J connectivity index is 1.82. The predicted octanol–water partition coefficient (Wildman–Crippen LogP) is 2.01. The van der Waals surface area contributed by atoms with Crippen molar-refractivity contribution < 1.29 is 9.59 Å². The number of aromatic amines is 1. The summed E-state index contributed by atoms with van der Waals surface area (Å²) in [5, 5.41) is 0. The lowest BCUT2D eigenvalue weighted by Crippen LogP contribution is -2.31. The van der Waals surface area contributed by atoms with Gasteiger partial charge in [0.05, 0.1) is 17.5 Å². The minimum atomic E-state index is -0.235. The van der Waals surface area contributed by atoms with Crippen LogP contribution in [0.2, 0.25) is 0 Å². The van der Waals surface area contributed by atoms with Crippen LogP contribution in [0.15, 0.2) is 35.2 Å². The minimum Gasteiger partial charge on any atom is -0.348 e. The molecule has 0 atom stereocenters. The fourth-order valence-electron chi connectivity index (χ4n) is 2.12. The quantitative estimate of drug-likeness (QED) is 0.880. The van der Waals surface area contributed by atoms with E-state index in [-0.39, 0.29) is 11.8 Å². The largest absolute Gasteiger partial charge is 0.348 e. The van der Waals surface area contributed by atoms with Crippen LogP contribution >= 0.6 is 15.9 Å². The summed E-state index contributed by atoms with van der Waals surface area (Å²) in [7, 11) is 0. The van der Waals surface area contributed by atoms with Gasteiger partial charge in [-0.2, -0.15) is 0 Å². The number of carbonyl (C=O) groups is 2. The van der Waals surface area contributed by atoms with E-state index in [4.69, 9.17) is 0 Å². The Hall–Kier alpha value is -1.95. The molecule has 0 aliphatic carbocycles. The van der Waals surface area contributed by atoms with Crippen molar-refractivity contribution in [1.82, 2.24) is 14.9 Å². The Kier molecular flexibility index (Phi) is 2.94. The molecule has 96 valence electrons. The van der Waals surface area contributed by atoms with Gasteiger partial charge < -0.3 is 4.98 Å². The van der Waals surface area contributed by atoms with Gasteiger partial charge in [-0.1, -0.05) is 15.9 Å². The Morgan fingerprint density at radius 1 is 1.21 bits per heavy atom. The third-order valence-electron chi connectivity index (χ3n) is 3.09. The third kappa shape index (κ3) is 2.08. The zero-order valence-electron chi connectivity index (χ0n) is 9.89. The maximum atomic E-state index is 12.2. The highest BCUT2D eigenvalue weighted by atomic mass is 79.9. The summed E-state index contributed by atoms with van der Waals surface area (Å²) < 4.78 is 0.794. The van der Waals surface area contributed by atoms with Gasteiger partial charge in [-0.25, -0.2) is 4.98 Å². The monoisotopic (exact) mass is 319 g/mol. The molecule has 0 radical (unpaired) electrons. The first-order valence-corrected chi connectivity index (χ1v) is 6.59. The predicted molar refractivity (Wildman–Crippen MR) is 71.8 cm³/mol. The zero-order chi connectivity index (χ0) is 13.4. The lowest BCUT2D eigenvalue weighted by Gasteiger charge is -2.12. The Morgan fingerprint density at radius 2 is 2.00 bits per heavy atom. The number of halogens is 1. The Morgan fingerprint density at radius 3 is 2.74 bits per heavy atom. The molecule has 3 rings (SSSR count). The molecule has 1 aromatic carbocycles. The highest BCUT2D eigenvalue weighted by molar-refractivity contribution is 9.10. The maximum Gasteiger partial charge on any atom is 0.261 e. The number of rotatable bonds is 3. The lowest BCUT2D eigenvalue weighted by molar-refractivity contribution is 0.0656. The molecule has 1 aliphatic heterocycles. The molecular weight excluding hydrogens is 310 g/mol. The molecule has 6 heteroatoms. The van der Waals surface area contributed by atoms with E-state index < -0.39 is 0 Å². The van der Waals surface area contributed by atoms with E-state index in [0.717, 1.165) is 10.2 Å². The standard InChI is InChI=1S/C13H10BrN3O2/c14-8-1-2-10-11(5-8)13(19)17(12(10)18)4-3-9-6-15-7-16-9/h1-2,5-7H,3-4H2,(H,15,16). The molecular formula is C13H10BrN3O2. The summed E-state index contributed by atoms with van der Waals surface area (Å²) in [5.74, 6) is -0.465. The minimum absolute atomic E-state index is 0.230. The van der Waals surface area contributed by atoms with Gasteiger partial charge in [-0.05, 0) is 18.2 Å². The average molecular weight is 320 g/mol. The van der Waals surface area contributed by atoms with Crippen molar-refractivity contribution in [2.75, 3.05) is 6.54 Å². The average Bonchev–Trinajstić information content (AvgIpc) is 2.98. The van der Waals surface area contributed by atoms with Crippen molar-refractivity contribution in [3.63, 3.8) is 0 Å². The Bertz CT molecular complexity index is 652. The van der Waals surface area contributed by atoms with Crippen LogP contribution in [-0.2, 0) is 6.42 Å². The number of hydrogen-bond acceptors (Lipinski definition) is 3. The molecule has 2 heterocycles. The van der Waals surface area contributed by atoms with Crippen LogP contribution in [0.1, 0.15) is 26.4 Å². The molecule has 0 unspecified atom stereocenters. The highest BCUT2D eigenvalue weighted by Crippen LogP contribution is 2.25. The normalized spacial score (nSPS) is 14.1. The van der Waals surface area contributed by atoms with Crippen molar-refractivity contribution in [2.45, 2.75) is 6.42 Å². The number of benzene rings is 1. The van der Waals surface area contributed by atoms with Crippen molar-refractivity contribution in [2.24, 2.45) is 0 Å². The molecule has 0 fully saturated rings. The number of imidazole rings is 1. The number of nitrogens with one attached hydrogen (secondary N) is 1. The van der Waals surface area contributed by atoms with Crippen LogP contribution in [0.5, 0.6) is 0 Å². The van der Waals surface area contributed by atoms with Gasteiger partial charge in [0.25, 0.3) is 11.8 Å². The maximum absolute atomic E-state index is 12.2. The SMILES string of the molecule is O=C1c2ccc(Br)cc2C(=O)N1CCc1cnc[nH]1. The summed E-state index contributed by atoms with van der Waals surface area (Å²) in [4.78, 5) is 32.5. The molecule has 0 saturated carbocycles. The highest BCUT2D eigenvalue weighted by Gasteiger charge is 2.35. The van der Waals surface area contributed by atoms with Crippen LogP contribution < -0.4 is 0 Å². The lowest BCUT2D eigenvalue weighted by atomic mass is 10.1. The van der Waals surface area contributed by atoms with Crippen LogP contribution in [0.25, 0.3) is 0 Å². The summed E-state index contributed by atoms with van der Waals surface area (Å²) in [6.45, 7) is 0.353. The summed E-state index contributed by atoms with van der Waals surface area (Å²) in [6.07, 6.45) is 3.84. The second kappa shape index (κ2) is 4.62. The van der Waals surface area contributed by atoms with Crippen LogP contribution in [-0.4, -0.2) is 33.2 Å². The summed E-state index contributed by atoms with van der Waals surface area (Å²) in [5.41, 5.74) is 1.83. The van der Waals surface area contributed by atoms with Gasteiger partial charge in [0.2, 0.25) is 0 Å². The van der Waals surface area contributed by atoms with E-state index in [1.54, 1.807) is 30.7 Å². The summed E-state index contributed by atoms with van der Waals surface area (Å²) in [6, 6.07) is 5.13. The number of aromatic nitrogens is 2. The Labute approximate surface area is 117 Å².